The maximum absolute atomic E-state index is 12.2. The minimum absolute atomic E-state index is 0.00195. The van der Waals surface area contributed by atoms with Gasteiger partial charge in [-0.1, -0.05) is 13.0 Å². The third kappa shape index (κ3) is 3.11. The zero-order valence-electron chi connectivity index (χ0n) is 11.4. The van der Waals surface area contributed by atoms with Crippen molar-refractivity contribution >= 4 is 15.7 Å². The zero-order valence-corrected chi connectivity index (χ0v) is 12.2. The van der Waals surface area contributed by atoms with Crippen LogP contribution in [0.1, 0.15) is 19.2 Å². The molecule has 1 heterocycles. The van der Waals surface area contributed by atoms with Crippen LogP contribution in [0.2, 0.25) is 0 Å². The fraction of sp³-hybridized carbons (Fsp3) is 0.308. The molecule has 7 heteroatoms. The third-order valence-electron chi connectivity index (χ3n) is 2.79. The Balaban J connectivity index is 2.28. The van der Waals surface area contributed by atoms with Gasteiger partial charge in [0.15, 0.2) is 5.03 Å². The van der Waals surface area contributed by atoms with E-state index in [1.165, 1.54) is 18.3 Å². The molecule has 0 aliphatic carbocycles. The molecule has 2 aromatic rings. The molecule has 0 amide bonds. The van der Waals surface area contributed by atoms with Crippen molar-refractivity contribution in [2.24, 2.45) is 0 Å². The first-order valence-electron chi connectivity index (χ1n) is 6.28. The van der Waals surface area contributed by atoms with E-state index in [-0.39, 0.29) is 10.8 Å². The molecule has 20 heavy (non-hydrogen) atoms. The van der Waals surface area contributed by atoms with E-state index < -0.39 is 10.0 Å². The van der Waals surface area contributed by atoms with Gasteiger partial charge in [0.25, 0.3) is 10.0 Å². The van der Waals surface area contributed by atoms with Gasteiger partial charge in [-0.3, -0.25) is 4.72 Å². The predicted octanol–water partition coefficient (Wildman–Crippen LogP) is 2.11. The fourth-order valence-corrected chi connectivity index (χ4v) is 2.91. The maximum atomic E-state index is 12.2. The summed E-state index contributed by atoms with van der Waals surface area (Å²) in [6.45, 7) is 4.50. The highest BCUT2D eigenvalue weighted by atomic mass is 32.2. The van der Waals surface area contributed by atoms with Crippen molar-refractivity contribution in [1.82, 2.24) is 9.55 Å². The summed E-state index contributed by atoms with van der Waals surface area (Å²) in [4.78, 5) is 4.07. The number of aromatic hydroxyl groups is 1. The Hall–Kier alpha value is -2.02. The standard InChI is InChI=1S/C13H17N3O3S/c1-3-7-16-9-13(14-10(16)2)20(18,19)15-11-5-4-6-12(17)8-11/h4-6,8-9,15,17H,3,7H2,1-2H3. The van der Waals surface area contributed by atoms with Crippen LogP contribution in [0, 0.1) is 6.92 Å². The number of sulfonamides is 1. The Kier molecular flexibility index (Phi) is 3.99. The summed E-state index contributed by atoms with van der Waals surface area (Å²) in [7, 11) is -3.74. The first kappa shape index (κ1) is 14.4. The molecular formula is C13H17N3O3S. The zero-order chi connectivity index (χ0) is 14.8. The molecule has 0 atom stereocenters. The summed E-state index contributed by atoms with van der Waals surface area (Å²) in [5.74, 6) is 0.654. The van der Waals surface area contributed by atoms with E-state index in [2.05, 4.69) is 9.71 Å². The number of anilines is 1. The van der Waals surface area contributed by atoms with Gasteiger partial charge in [-0.05, 0) is 25.5 Å². The smallest absolute Gasteiger partial charge is 0.280 e. The second-order valence-electron chi connectivity index (χ2n) is 4.48. The number of nitrogens with one attached hydrogen (secondary N) is 1. The molecule has 108 valence electrons. The highest BCUT2D eigenvalue weighted by molar-refractivity contribution is 7.92. The van der Waals surface area contributed by atoms with Gasteiger partial charge >= 0.3 is 0 Å². The predicted molar refractivity (Wildman–Crippen MR) is 76.2 cm³/mol. The first-order chi connectivity index (χ1) is 9.42. The van der Waals surface area contributed by atoms with Gasteiger partial charge in [-0.25, -0.2) is 4.98 Å². The highest BCUT2D eigenvalue weighted by Crippen LogP contribution is 2.19. The van der Waals surface area contributed by atoms with Gasteiger partial charge in [0.1, 0.15) is 11.6 Å². The van der Waals surface area contributed by atoms with Gasteiger partial charge in [0.05, 0.1) is 5.69 Å². The average Bonchev–Trinajstić information content (AvgIpc) is 2.72. The van der Waals surface area contributed by atoms with E-state index in [9.17, 15) is 13.5 Å². The molecule has 0 saturated heterocycles. The van der Waals surface area contributed by atoms with Crippen LogP contribution < -0.4 is 4.72 Å². The normalized spacial score (nSPS) is 11.5. The topological polar surface area (TPSA) is 84.2 Å². The quantitative estimate of drug-likeness (QED) is 0.884. The minimum Gasteiger partial charge on any atom is -0.508 e. The molecular weight excluding hydrogens is 278 g/mol. The van der Waals surface area contributed by atoms with Crippen molar-refractivity contribution in [2.45, 2.75) is 31.8 Å². The number of benzene rings is 1. The molecule has 0 bridgehead atoms. The summed E-state index contributed by atoms with van der Waals surface area (Å²) in [5.41, 5.74) is 0.299. The number of aromatic nitrogens is 2. The van der Waals surface area contributed by atoms with Gasteiger partial charge in [-0.2, -0.15) is 8.42 Å². The van der Waals surface area contributed by atoms with Crippen LogP contribution in [-0.2, 0) is 16.6 Å². The van der Waals surface area contributed by atoms with Crippen LogP contribution in [0.5, 0.6) is 5.75 Å². The Labute approximate surface area is 118 Å². The second kappa shape index (κ2) is 5.54. The van der Waals surface area contributed by atoms with Gasteiger partial charge in [0, 0.05) is 18.8 Å². The van der Waals surface area contributed by atoms with Crippen molar-refractivity contribution < 1.29 is 13.5 Å². The lowest BCUT2D eigenvalue weighted by molar-refractivity contribution is 0.475. The van der Waals surface area contributed by atoms with Gasteiger partial charge in [-0.15, -0.1) is 0 Å². The third-order valence-corrected chi connectivity index (χ3v) is 4.04. The van der Waals surface area contributed by atoms with E-state index in [1.54, 1.807) is 23.6 Å². The molecule has 0 fully saturated rings. The second-order valence-corrected chi connectivity index (χ2v) is 6.10. The SMILES string of the molecule is CCCn1cc(S(=O)(=O)Nc2cccc(O)c2)nc1C. The number of hydrogen-bond acceptors (Lipinski definition) is 4. The van der Waals surface area contributed by atoms with E-state index in [0.717, 1.165) is 13.0 Å². The van der Waals surface area contributed by atoms with Crippen LogP contribution >= 0.6 is 0 Å². The summed E-state index contributed by atoms with van der Waals surface area (Å²) in [5, 5.41) is 9.32. The number of imidazole rings is 1. The molecule has 0 unspecified atom stereocenters. The fourth-order valence-electron chi connectivity index (χ4n) is 1.85. The molecule has 6 nitrogen and oxygen atoms in total. The van der Waals surface area contributed by atoms with E-state index in [4.69, 9.17) is 0 Å². The lowest BCUT2D eigenvalue weighted by atomic mass is 10.3. The largest absolute Gasteiger partial charge is 0.508 e. The molecule has 0 radical (unpaired) electrons. The van der Waals surface area contributed by atoms with Crippen molar-refractivity contribution in [1.29, 1.82) is 0 Å². The van der Waals surface area contributed by atoms with Crippen LogP contribution in [0.4, 0.5) is 5.69 Å². The molecule has 1 aromatic carbocycles. The van der Waals surface area contributed by atoms with E-state index >= 15 is 0 Å². The highest BCUT2D eigenvalue weighted by Gasteiger charge is 2.19. The van der Waals surface area contributed by atoms with Crippen LogP contribution in [-0.4, -0.2) is 23.1 Å². The van der Waals surface area contributed by atoms with Crippen LogP contribution in [0.25, 0.3) is 0 Å². The lowest BCUT2D eigenvalue weighted by Crippen LogP contribution is -2.13. The number of rotatable bonds is 5. The Morgan fingerprint density at radius 2 is 2.15 bits per heavy atom. The molecule has 0 aliphatic rings. The van der Waals surface area contributed by atoms with Crippen molar-refractivity contribution in [2.75, 3.05) is 4.72 Å². The Morgan fingerprint density at radius 1 is 1.40 bits per heavy atom. The van der Waals surface area contributed by atoms with Gasteiger partial charge in [0.2, 0.25) is 0 Å². The van der Waals surface area contributed by atoms with Crippen LogP contribution in [0.3, 0.4) is 0 Å². The number of phenolic OH excluding ortho intramolecular Hbond substituents is 1. The summed E-state index contributed by atoms with van der Waals surface area (Å²) in [6.07, 6.45) is 2.42. The average molecular weight is 295 g/mol. The number of hydrogen-bond donors (Lipinski definition) is 2. The molecule has 1 aromatic heterocycles. The lowest BCUT2D eigenvalue weighted by Gasteiger charge is -2.05. The van der Waals surface area contributed by atoms with Gasteiger partial charge < -0.3 is 9.67 Å². The summed E-state index contributed by atoms with van der Waals surface area (Å²) >= 11 is 0. The number of phenols is 1. The van der Waals surface area contributed by atoms with E-state index in [0.29, 0.717) is 11.5 Å². The Bertz CT molecular complexity index is 707. The first-order valence-corrected chi connectivity index (χ1v) is 7.76. The van der Waals surface area contributed by atoms with Crippen molar-refractivity contribution in [3.63, 3.8) is 0 Å². The molecule has 0 aliphatic heterocycles. The van der Waals surface area contributed by atoms with Crippen LogP contribution in [0.15, 0.2) is 35.5 Å². The number of nitrogens with zero attached hydrogens (tertiary/aromatic N) is 2. The van der Waals surface area contributed by atoms with E-state index in [1.807, 2.05) is 6.92 Å². The Morgan fingerprint density at radius 3 is 2.80 bits per heavy atom. The van der Waals surface area contributed by atoms with Crippen molar-refractivity contribution in [3.8, 4) is 5.75 Å². The summed E-state index contributed by atoms with van der Waals surface area (Å²) < 4.78 is 28.6. The molecule has 0 saturated carbocycles. The minimum atomic E-state index is -3.74. The number of aryl methyl sites for hydroxylation is 2. The maximum Gasteiger partial charge on any atom is 0.280 e. The van der Waals surface area contributed by atoms with Crippen molar-refractivity contribution in [3.05, 3.63) is 36.3 Å². The monoisotopic (exact) mass is 295 g/mol. The summed E-state index contributed by atoms with van der Waals surface area (Å²) in [6, 6.07) is 5.94. The molecule has 2 N–H and O–H groups in total. The molecule has 2 rings (SSSR count). The molecule has 0 spiro atoms.